The van der Waals surface area contributed by atoms with E-state index in [1.54, 1.807) is 41.0 Å². The lowest BCUT2D eigenvalue weighted by atomic mass is 10.0. The lowest BCUT2D eigenvalue weighted by Gasteiger charge is -2.27. The Morgan fingerprint density at radius 3 is 2.62 bits per heavy atom. The van der Waals surface area contributed by atoms with Crippen molar-refractivity contribution >= 4 is 17.0 Å². The normalized spacial score (nSPS) is 14.2. The quantitative estimate of drug-likeness (QED) is 0.198. The number of imidazole rings is 1. The van der Waals surface area contributed by atoms with E-state index >= 15 is 8.78 Å². The molecule has 9 nitrogen and oxygen atoms in total. The van der Waals surface area contributed by atoms with E-state index in [1.807, 2.05) is 6.92 Å². The van der Waals surface area contributed by atoms with Crippen molar-refractivity contribution in [1.82, 2.24) is 14.5 Å². The Hall–Kier alpha value is -5.34. The van der Waals surface area contributed by atoms with Crippen LogP contribution in [0.25, 0.3) is 22.3 Å². The Labute approximate surface area is 257 Å². The van der Waals surface area contributed by atoms with Gasteiger partial charge in [0.1, 0.15) is 35.3 Å². The van der Waals surface area contributed by atoms with Gasteiger partial charge in [0.15, 0.2) is 0 Å². The first kappa shape index (κ1) is 29.7. The molecule has 1 atom stereocenters. The van der Waals surface area contributed by atoms with Gasteiger partial charge in [0.2, 0.25) is 5.88 Å². The summed E-state index contributed by atoms with van der Waals surface area (Å²) >= 11 is 0. The number of aryl methyl sites for hydroxylation is 1. The number of halogens is 2. The summed E-state index contributed by atoms with van der Waals surface area (Å²) in [5.41, 5.74) is 3.51. The standard InChI is InChI=1S/C34H28F2N4O5/c1-19-10-20(16-37)6-7-21(19)18-45-32-5-3-4-28(38-32)25-15-26(35)22(11-27(25)36)14-31-39-33-29(40(31)17-24-8-9-44-24)12-23(34(41)42)13-30(33)43-2/h3-7,10-13,15,24H,8-9,14,17-18H2,1-2H3,(H,41,42). The van der Waals surface area contributed by atoms with Crippen molar-refractivity contribution in [3.05, 3.63) is 106 Å². The number of nitrogens with zero attached hydrogens (tertiary/aromatic N) is 4. The van der Waals surface area contributed by atoms with Crippen molar-refractivity contribution in [3.63, 3.8) is 0 Å². The number of aromatic carboxylic acids is 1. The molecule has 0 bridgehead atoms. The highest BCUT2D eigenvalue weighted by molar-refractivity contribution is 5.95. The number of aromatic nitrogens is 3. The largest absolute Gasteiger partial charge is 0.494 e. The van der Waals surface area contributed by atoms with Gasteiger partial charge in [0.05, 0.1) is 48.2 Å². The summed E-state index contributed by atoms with van der Waals surface area (Å²) in [7, 11) is 1.42. The van der Waals surface area contributed by atoms with Gasteiger partial charge in [-0.25, -0.2) is 23.5 Å². The van der Waals surface area contributed by atoms with Gasteiger partial charge >= 0.3 is 5.97 Å². The van der Waals surface area contributed by atoms with Crippen LogP contribution in [-0.2, 0) is 24.3 Å². The fourth-order valence-electron chi connectivity index (χ4n) is 5.30. The molecule has 6 rings (SSSR count). The van der Waals surface area contributed by atoms with Gasteiger partial charge in [0.25, 0.3) is 0 Å². The van der Waals surface area contributed by atoms with Crippen molar-refractivity contribution in [1.29, 1.82) is 5.26 Å². The van der Waals surface area contributed by atoms with E-state index in [0.717, 1.165) is 29.7 Å². The summed E-state index contributed by atoms with van der Waals surface area (Å²) in [6.45, 7) is 3.06. The summed E-state index contributed by atoms with van der Waals surface area (Å²) in [6.07, 6.45) is 0.650. The second-order valence-electron chi connectivity index (χ2n) is 10.8. The van der Waals surface area contributed by atoms with E-state index in [4.69, 9.17) is 19.5 Å². The van der Waals surface area contributed by atoms with E-state index in [1.165, 1.54) is 19.2 Å². The maximum Gasteiger partial charge on any atom is 0.335 e. The summed E-state index contributed by atoms with van der Waals surface area (Å²) < 4.78 is 49.8. The van der Waals surface area contributed by atoms with E-state index in [0.29, 0.717) is 35.6 Å². The fourth-order valence-corrected chi connectivity index (χ4v) is 5.30. The molecule has 1 aliphatic heterocycles. The van der Waals surface area contributed by atoms with Crippen LogP contribution in [0, 0.1) is 29.9 Å². The van der Waals surface area contributed by atoms with Gasteiger partial charge in [0, 0.05) is 24.7 Å². The Kier molecular flexibility index (Phi) is 8.15. The number of nitriles is 1. The van der Waals surface area contributed by atoms with Crippen LogP contribution >= 0.6 is 0 Å². The van der Waals surface area contributed by atoms with Gasteiger partial charge in [-0.05, 0) is 72.5 Å². The first-order valence-electron chi connectivity index (χ1n) is 14.2. The molecule has 1 fully saturated rings. The third-order valence-electron chi connectivity index (χ3n) is 7.88. The predicted molar refractivity (Wildman–Crippen MR) is 160 cm³/mol. The summed E-state index contributed by atoms with van der Waals surface area (Å²) in [4.78, 5) is 20.8. The molecular weight excluding hydrogens is 582 g/mol. The van der Waals surface area contributed by atoms with Gasteiger partial charge in [-0.1, -0.05) is 12.1 Å². The van der Waals surface area contributed by atoms with Crippen molar-refractivity contribution in [2.75, 3.05) is 13.7 Å². The average molecular weight is 611 g/mol. The maximum absolute atomic E-state index is 15.6. The second-order valence-corrected chi connectivity index (χ2v) is 10.8. The SMILES string of the molecule is COc1cc(C(=O)O)cc2c1nc(Cc1cc(F)c(-c3cccc(OCc4ccc(C#N)cc4C)n3)cc1F)n2CC1CCO1. The Bertz CT molecular complexity index is 1980. The minimum absolute atomic E-state index is 0.0221. The van der Waals surface area contributed by atoms with Crippen molar-refractivity contribution in [2.45, 2.75) is 39.0 Å². The van der Waals surface area contributed by atoms with Crippen LogP contribution in [0.15, 0.2) is 60.7 Å². The highest BCUT2D eigenvalue weighted by Crippen LogP contribution is 2.32. The van der Waals surface area contributed by atoms with Crippen molar-refractivity contribution in [3.8, 4) is 29.0 Å². The zero-order chi connectivity index (χ0) is 31.7. The minimum Gasteiger partial charge on any atom is -0.494 e. The van der Waals surface area contributed by atoms with Crippen molar-refractivity contribution < 1.29 is 32.9 Å². The molecule has 228 valence electrons. The molecule has 3 aromatic carbocycles. The van der Waals surface area contributed by atoms with Gasteiger partial charge in [-0.3, -0.25) is 0 Å². The topological polar surface area (TPSA) is 119 Å². The van der Waals surface area contributed by atoms with E-state index in [9.17, 15) is 9.90 Å². The van der Waals surface area contributed by atoms with E-state index in [2.05, 4.69) is 16.0 Å². The molecule has 11 heteroatoms. The van der Waals surface area contributed by atoms with Gasteiger partial charge in [-0.2, -0.15) is 5.26 Å². The predicted octanol–water partition coefficient (Wildman–Crippen LogP) is 6.22. The monoisotopic (exact) mass is 610 g/mol. The molecule has 0 spiro atoms. The number of ether oxygens (including phenoxy) is 3. The number of carboxylic acids is 1. The molecule has 0 radical (unpaired) electrons. The van der Waals surface area contributed by atoms with Crippen LogP contribution in [0.1, 0.15) is 44.9 Å². The number of benzene rings is 3. The summed E-state index contributed by atoms with van der Waals surface area (Å²) in [6, 6.07) is 17.3. The lowest BCUT2D eigenvalue weighted by molar-refractivity contribution is -0.0589. The first-order chi connectivity index (χ1) is 21.7. The summed E-state index contributed by atoms with van der Waals surface area (Å²) in [5.74, 6) is -1.52. The van der Waals surface area contributed by atoms with Crippen LogP contribution < -0.4 is 9.47 Å². The number of carboxylic acid groups (broad SMARTS) is 1. The smallest absolute Gasteiger partial charge is 0.335 e. The first-order valence-corrected chi connectivity index (χ1v) is 14.2. The van der Waals surface area contributed by atoms with Crippen LogP contribution in [0.5, 0.6) is 11.6 Å². The average Bonchev–Trinajstić information content (AvgIpc) is 3.36. The molecule has 3 heterocycles. The third kappa shape index (κ3) is 6.05. The third-order valence-corrected chi connectivity index (χ3v) is 7.88. The number of rotatable bonds is 10. The second kappa shape index (κ2) is 12.3. The fraction of sp³-hybridized carbons (Fsp3) is 0.235. The molecule has 1 saturated heterocycles. The Morgan fingerprint density at radius 2 is 1.93 bits per heavy atom. The lowest BCUT2D eigenvalue weighted by Crippen LogP contribution is -2.31. The maximum atomic E-state index is 15.6. The van der Waals surface area contributed by atoms with Crippen molar-refractivity contribution in [2.24, 2.45) is 0 Å². The van der Waals surface area contributed by atoms with E-state index < -0.39 is 17.6 Å². The number of hydrogen-bond donors (Lipinski definition) is 1. The number of methoxy groups -OCH3 is 1. The molecule has 0 saturated carbocycles. The zero-order valence-electron chi connectivity index (χ0n) is 24.5. The molecular formula is C34H28F2N4O5. The molecule has 0 amide bonds. The van der Waals surface area contributed by atoms with Crippen LogP contribution in [-0.4, -0.2) is 45.4 Å². The van der Waals surface area contributed by atoms with Crippen LogP contribution in [0.3, 0.4) is 0 Å². The highest BCUT2D eigenvalue weighted by atomic mass is 19.1. The molecule has 0 aliphatic carbocycles. The number of pyridine rings is 1. The van der Waals surface area contributed by atoms with Crippen LogP contribution in [0.4, 0.5) is 8.78 Å². The highest BCUT2D eigenvalue weighted by Gasteiger charge is 2.25. The number of carbonyl (C=O) groups is 1. The Balaban J connectivity index is 1.29. The van der Waals surface area contributed by atoms with E-state index in [-0.39, 0.29) is 53.1 Å². The van der Waals surface area contributed by atoms with Crippen LogP contribution in [0.2, 0.25) is 0 Å². The number of hydrogen-bond acceptors (Lipinski definition) is 7. The molecule has 1 aliphatic rings. The number of fused-ring (bicyclic) bond motifs is 1. The zero-order valence-corrected chi connectivity index (χ0v) is 24.5. The molecule has 45 heavy (non-hydrogen) atoms. The minimum atomic E-state index is -1.12. The molecule has 5 aromatic rings. The molecule has 1 unspecified atom stereocenters. The van der Waals surface area contributed by atoms with Gasteiger partial charge in [-0.15, -0.1) is 0 Å². The molecule has 1 N–H and O–H groups in total. The van der Waals surface area contributed by atoms with Gasteiger partial charge < -0.3 is 23.9 Å². The summed E-state index contributed by atoms with van der Waals surface area (Å²) in [5, 5.41) is 18.7. The molecule has 2 aromatic heterocycles. The Morgan fingerprint density at radius 1 is 1.11 bits per heavy atom.